The number of carbonyl (C=O) groups is 2. The van der Waals surface area contributed by atoms with Gasteiger partial charge < -0.3 is 14.2 Å². The molecule has 0 fully saturated rings. The second-order valence-electron chi connectivity index (χ2n) is 8.03. The second-order valence-corrected chi connectivity index (χ2v) is 8.03. The van der Waals surface area contributed by atoms with Crippen LogP contribution >= 0.6 is 0 Å². The van der Waals surface area contributed by atoms with E-state index in [1.54, 1.807) is 35.2 Å². The van der Waals surface area contributed by atoms with Gasteiger partial charge in [0.2, 0.25) is 0 Å². The lowest BCUT2D eigenvalue weighted by Gasteiger charge is -2.20. The number of nitrogens with zero attached hydrogens (tertiary/aromatic N) is 2. The highest BCUT2D eigenvalue weighted by Gasteiger charge is 2.33. The highest BCUT2D eigenvalue weighted by Crippen LogP contribution is 2.32. The third-order valence-corrected chi connectivity index (χ3v) is 5.66. The zero-order valence-corrected chi connectivity index (χ0v) is 20.8. The van der Waals surface area contributed by atoms with Gasteiger partial charge in [0.05, 0.1) is 31.6 Å². The molecule has 1 aliphatic heterocycles. The van der Waals surface area contributed by atoms with E-state index in [2.05, 4.69) is 0 Å². The first kappa shape index (κ1) is 24.7. The zero-order chi connectivity index (χ0) is 25.7. The van der Waals surface area contributed by atoms with Crippen molar-refractivity contribution in [3.05, 3.63) is 94.7 Å². The van der Waals surface area contributed by atoms with E-state index in [1.807, 2.05) is 63.2 Å². The minimum Gasteiger partial charge on any atom is -0.490 e. The van der Waals surface area contributed by atoms with E-state index in [4.69, 9.17) is 19.2 Å². The number of rotatable bonds is 8. The number of carbonyl (C=O) groups excluding carboxylic acids is 2. The predicted octanol–water partition coefficient (Wildman–Crippen LogP) is 5.41. The van der Waals surface area contributed by atoms with E-state index in [-0.39, 0.29) is 11.6 Å². The number of ether oxygens (including phenoxy) is 3. The molecule has 0 aromatic heterocycles. The van der Waals surface area contributed by atoms with Crippen molar-refractivity contribution in [3.63, 3.8) is 0 Å². The molecular formula is C29H28N2O5. The van der Waals surface area contributed by atoms with Crippen molar-refractivity contribution < 1.29 is 23.8 Å². The molecule has 0 atom stereocenters. The SMILES string of the molecule is CCOc1ccc(/C=C2/N=C(c3ccccc3C)N(c3ccc(C(=O)OC)cc3)C2=O)cc1OCC. The van der Waals surface area contributed by atoms with Gasteiger partial charge in [-0.15, -0.1) is 0 Å². The number of amidine groups is 1. The fraction of sp³-hybridized carbons (Fsp3) is 0.207. The average Bonchev–Trinajstić information content (AvgIpc) is 3.21. The summed E-state index contributed by atoms with van der Waals surface area (Å²) in [5.41, 5.74) is 3.88. The lowest BCUT2D eigenvalue weighted by atomic mass is 10.1. The Hall–Kier alpha value is -4.39. The molecule has 0 N–H and O–H groups in total. The topological polar surface area (TPSA) is 77.4 Å². The molecule has 1 aliphatic rings. The lowest BCUT2D eigenvalue weighted by Crippen LogP contribution is -2.33. The van der Waals surface area contributed by atoms with Gasteiger partial charge in [0.25, 0.3) is 5.91 Å². The van der Waals surface area contributed by atoms with Crippen LogP contribution < -0.4 is 14.4 Å². The maximum absolute atomic E-state index is 13.7. The fourth-order valence-electron chi connectivity index (χ4n) is 3.94. The number of aliphatic imine (C=N–C) groups is 1. The summed E-state index contributed by atoms with van der Waals surface area (Å²) >= 11 is 0. The number of hydrogen-bond donors (Lipinski definition) is 0. The summed E-state index contributed by atoms with van der Waals surface area (Å²) in [7, 11) is 1.33. The summed E-state index contributed by atoms with van der Waals surface area (Å²) in [6.45, 7) is 6.81. The fourth-order valence-corrected chi connectivity index (χ4v) is 3.94. The third-order valence-electron chi connectivity index (χ3n) is 5.66. The minimum absolute atomic E-state index is 0.272. The first-order valence-corrected chi connectivity index (χ1v) is 11.8. The van der Waals surface area contributed by atoms with Gasteiger partial charge in [-0.05, 0) is 74.4 Å². The molecular weight excluding hydrogens is 456 g/mol. The molecule has 0 saturated carbocycles. The van der Waals surface area contributed by atoms with Crippen molar-refractivity contribution in [2.75, 3.05) is 25.2 Å². The molecule has 0 bridgehead atoms. The molecule has 3 aromatic rings. The molecule has 1 amide bonds. The van der Waals surface area contributed by atoms with Gasteiger partial charge in [0.1, 0.15) is 11.5 Å². The zero-order valence-electron chi connectivity index (χ0n) is 20.8. The highest BCUT2D eigenvalue weighted by molar-refractivity contribution is 6.33. The maximum Gasteiger partial charge on any atom is 0.337 e. The van der Waals surface area contributed by atoms with Crippen molar-refractivity contribution in [3.8, 4) is 11.5 Å². The summed E-state index contributed by atoms with van der Waals surface area (Å²) in [6, 6.07) is 20.0. The number of amides is 1. The number of hydrogen-bond acceptors (Lipinski definition) is 6. The molecule has 7 heteroatoms. The summed E-state index contributed by atoms with van der Waals surface area (Å²) in [4.78, 5) is 31.9. The highest BCUT2D eigenvalue weighted by atomic mass is 16.5. The van der Waals surface area contributed by atoms with Crippen LogP contribution in [0.3, 0.4) is 0 Å². The summed E-state index contributed by atoms with van der Waals surface area (Å²) in [5, 5.41) is 0. The van der Waals surface area contributed by atoms with E-state index in [0.29, 0.717) is 41.8 Å². The van der Waals surface area contributed by atoms with Crippen molar-refractivity contribution in [1.29, 1.82) is 0 Å². The van der Waals surface area contributed by atoms with E-state index in [9.17, 15) is 9.59 Å². The molecule has 0 radical (unpaired) electrons. The summed E-state index contributed by atoms with van der Waals surface area (Å²) < 4.78 is 16.2. The first-order chi connectivity index (χ1) is 17.5. The minimum atomic E-state index is -0.441. The number of esters is 1. The quantitative estimate of drug-likeness (QED) is 0.315. The maximum atomic E-state index is 13.7. The van der Waals surface area contributed by atoms with Crippen LogP contribution in [0.25, 0.3) is 6.08 Å². The van der Waals surface area contributed by atoms with Crippen LogP contribution in [-0.2, 0) is 9.53 Å². The van der Waals surface area contributed by atoms with Crippen molar-refractivity contribution in [1.82, 2.24) is 0 Å². The van der Waals surface area contributed by atoms with Crippen LogP contribution in [-0.4, -0.2) is 38.0 Å². The smallest absolute Gasteiger partial charge is 0.337 e. The Kier molecular flexibility index (Phi) is 7.49. The molecule has 0 spiro atoms. The van der Waals surface area contributed by atoms with Crippen LogP contribution in [0.2, 0.25) is 0 Å². The van der Waals surface area contributed by atoms with Gasteiger partial charge in [0, 0.05) is 5.56 Å². The predicted molar refractivity (Wildman–Crippen MR) is 140 cm³/mol. The van der Waals surface area contributed by atoms with Gasteiger partial charge in [-0.25, -0.2) is 9.79 Å². The van der Waals surface area contributed by atoms with Crippen LogP contribution in [0.15, 0.2) is 77.4 Å². The van der Waals surface area contributed by atoms with Crippen LogP contribution in [0.4, 0.5) is 5.69 Å². The van der Waals surface area contributed by atoms with E-state index < -0.39 is 5.97 Å². The molecule has 0 unspecified atom stereocenters. The molecule has 184 valence electrons. The van der Waals surface area contributed by atoms with Gasteiger partial charge >= 0.3 is 5.97 Å². The Morgan fingerprint density at radius 2 is 1.64 bits per heavy atom. The molecule has 4 rings (SSSR count). The van der Waals surface area contributed by atoms with Crippen LogP contribution in [0.5, 0.6) is 11.5 Å². The Labute approximate surface area is 210 Å². The molecule has 3 aromatic carbocycles. The van der Waals surface area contributed by atoms with E-state index >= 15 is 0 Å². The van der Waals surface area contributed by atoms with Crippen molar-refractivity contribution >= 4 is 29.5 Å². The third kappa shape index (κ3) is 5.00. The number of benzene rings is 3. The normalized spacial score (nSPS) is 14.1. The van der Waals surface area contributed by atoms with Gasteiger partial charge in [-0.3, -0.25) is 9.69 Å². The van der Waals surface area contributed by atoms with Crippen LogP contribution in [0, 0.1) is 6.92 Å². The Balaban J connectivity index is 1.78. The monoisotopic (exact) mass is 484 g/mol. The first-order valence-electron chi connectivity index (χ1n) is 11.8. The van der Waals surface area contributed by atoms with Gasteiger partial charge in [-0.1, -0.05) is 30.3 Å². The van der Waals surface area contributed by atoms with Crippen molar-refractivity contribution in [2.24, 2.45) is 4.99 Å². The van der Waals surface area contributed by atoms with E-state index in [1.165, 1.54) is 7.11 Å². The van der Waals surface area contributed by atoms with Gasteiger partial charge in [0.15, 0.2) is 11.5 Å². The number of methoxy groups -OCH3 is 1. The molecule has 36 heavy (non-hydrogen) atoms. The molecule has 7 nitrogen and oxygen atoms in total. The summed E-state index contributed by atoms with van der Waals surface area (Å²) in [6.07, 6.45) is 1.74. The Morgan fingerprint density at radius 1 is 0.944 bits per heavy atom. The molecule has 1 heterocycles. The lowest BCUT2D eigenvalue weighted by molar-refractivity contribution is -0.113. The number of anilines is 1. The molecule has 0 aliphatic carbocycles. The standard InChI is InChI=1S/C29H28N2O5/c1-5-35-25-16-11-20(18-26(25)36-6-2)17-24-28(32)31(22-14-12-21(13-15-22)29(33)34-4)27(30-24)23-10-8-7-9-19(23)3/h7-18H,5-6H2,1-4H3/b24-17+. The largest absolute Gasteiger partial charge is 0.490 e. The summed E-state index contributed by atoms with van der Waals surface area (Å²) in [5.74, 6) is 1.06. The van der Waals surface area contributed by atoms with Crippen molar-refractivity contribution in [2.45, 2.75) is 20.8 Å². The van der Waals surface area contributed by atoms with Crippen LogP contribution in [0.1, 0.15) is 40.9 Å². The Morgan fingerprint density at radius 3 is 2.31 bits per heavy atom. The average molecular weight is 485 g/mol. The number of aryl methyl sites for hydroxylation is 1. The van der Waals surface area contributed by atoms with Gasteiger partial charge in [-0.2, -0.15) is 0 Å². The Bertz CT molecular complexity index is 1340. The van der Waals surface area contributed by atoms with E-state index in [0.717, 1.165) is 16.7 Å². The molecule has 0 saturated heterocycles. The second kappa shape index (κ2) is 10.9.